The summed E-state index contributed by atoms with van der Waals surface area (Å²) in [6.45, 7) is 2.70. The van der Waals surface area contributed by atoms with Crippen LogP contribution in [0.5, 0.6) is 0 Å². The summed E-state index contributed by atoms with van der Waals surface area (Å²) in [4.78, 5) is 0. The summed E-state index contributed by atoms with van der Waals surface area (Å²) >= 11 is 3.33. The van der Waals surface area contributed by atoms with Gasteiger partial charge in [-0.15, -0.1) is 0 Å². The van der Waals surface area contributed by atoms with Crippen molar-refractivity contribution in [3.8, 4) is 0 Å². The van der Waals surface area contributed by atoms with Gasteiger partial charge in [0, 0.05) is 17.1 Å². The average molecular weight is 344 g/mol. The van der Waals surface area contributed by atoms with Crippen molar-refractivity contribution in [2.75, 3.05) is 6.61 Å². The number of benzene rings is 1. The van der Waals surface area contributed by atoms with Gasteiger partial charge in [-0.05, 0) is 49.9 Å². The van der Waals surface area contributed by atoms with Crippen LogP contribution < -0.4 is 5.73 Å². The quantitative estimate of drug-likeness (QED) is 0.869. The van der Waals surface area contributed by atoms with Gasteiger partial charge >= 0.3 is 0 Å². The molecule has 1 aliphatic rings. The first kappa shape index (κ1) is 15.9. The lowest BCUT2D eigenvalue weighted by atomic mass is 9.77. The van der Waals surface area contributed by atoms with Gasteiger partial charge in [0.15, 0.2) is 0 Å². The number of halogens is 2. The molecule has 1 aromatic carbocycles. The standard InChI is InChI=1S/C16H23BrFNO/c1-2-20-16(6-4-3-5-7-16)15(19)10-12-8-13(17)11-14(18)9-12/h8-9,11,15H,2-7,10,19H2,1H3. The molecule has 1 unspecified atom stereocenters. The molecule has 0 spiro atoms. The van der Waals surface area contributed by atoms with Crippen LogP contribution in [0.1, 0.15) is 44.6 Å². The Kier molecular flexibility index (Phi) is 5.58. The number of rotatable bonds is 5. The topological polar surface area (TPSA) is 35.2 Å². The van der Waals surface area contributed by atoms with Crippen LogP contribution >= 0.6 is 15.9 Å². The molecule has 0 amide bonds. The molecule has 1 fully saturated rings. The first-order valence-electron chi connectivity index (χ1n) is 7.40. The second-order valence-corrected chi connectivity index (χ2v) is 6.56. The molecule has 1 saturated carbocycles. The van der Waals surface area contributed by atoms with E-state index in [1.54, 1.807) is 6.07 Å². The van der Waals surface area contributed by atoms with Crippen LogP contribution in [0, 0.1) is 5.82 Å². The van der Waals surface area contributed by atoms with Crippen LogP contribution in [0.4, 0.5) is 4.39 Å². The Morgan fingerprint density at radius 1 is 1.30 bits per heavy atom. The summed E-state index contributed by atoms with van der Waals surface area (Å²) in [5.41, 5.74) is 7.13. The Bertz CT molecular complexity index is 420. The van der Waals surface area contributed by atoms with Crippen molar-refractivity contribution in [1.29, 1.82) is 0 Å². The largest absolute Gasteiger partial charge is 0.374 e. The number of ether oxygens (including phenoxy) is 1. The second-order valence-electron chi connectivity index (χ2n) is 5.65. The lowest BCUT2D eigenvalue weighted by Gasteiger charge is -2.41. The van der Waals surface area contributed by atoms with E-state index in [1.807, 2.05) is 13.0 Å². The van der Waals surface area contributed by atoms with Crippen LogP contribution in [0.3, 0.4) is 0 Å². The highest BCUT2D eigenvalue weighted by atomic mass is 79.9. The predicted octanol–water partition coefficient (Wildman–Crippen LogP) is 4.20. The number of hydrogen-bond acceptors (Lipinski definition) is 2. The van der Waals surface area contributed by atoms with E-state index in [2.05, 4.69) is 15.9 Å². The summed E-state index contributed by atoms with van der Waals surface area (Å²) in [5, 5.41) is 0. The Hall–Kier alpha value is -0.450. The van der Waals surface area contributed by atoms with Gasteiger partial charge < -0.3 is 10.5 Å². The first-order valence-corrected chi connectivity index (χ1v) is 8.19. The van der Waals surface area contributed by atoms with E-state index in [-0.39, 0.29) is 17.5 Å². The molecular formula is C16H23BrFNO. The Balaban J connectivity index is 2.13. The fourth-order valence-electron chi connectivity index (χ4n) is 3.23. The van der Waals surface area contributed by atoms with Gasteiger partial charge in [0.25, 0.3) is 0 Å². The zero-order valence-corrected chi connectivity index (χ0v) is 13.6. The van der Waals surface area contributed by atoms with Gasteiger partial charge in [-0.25, -0.2) is 4.39 Å². The molecule has 2 rings (SSSR count). The minimum absolute atomic E-state index is 0.0866. The van der Waals surface area contributed by atoms with E-state index in [0.29, 0.717) is 13.0 Å². The van der Waals surface area contributed by atoms with Crippen molar-refractivity contribution in [3.05, 3.63) is 34.1 Å². The smallest absolute Gasteiger partial charge is 0.124 e. The maximum absolute atomic E-state index is 13.5. The summed E-state index contributed by atoms with van der Waals surface area (Å²) < 4.78 is 20.3. The maximum Gasteiger partial charge on any atom is 0.124 e. The summed E-state index contributed by atoms with van der Waals surface area (Å²) in [5.74, 6) is -0.226. The Morgan fingerprint density at radius 2 is 2.00 bits per heavy atom. The fraction of sp³-hybridized carbons (Fsp3) is 0.625. The normalized spacial score (nSPS) is 19.8. The second kappa shape index (κ2) is 7.01. The fourth-order valence-corrected chi connectivity index (χ4v) is 3.74. The third-order valence-corrected chi connectivity index (χ3v) is 4.64. The SMILES string of the molecule is CCOC1(C(N)Cc2cc(F)cc(Br)c2)CCCCC1. The van der Waals surface area contributed by atoms with Crippen molar-refractivity contribution in [2.24, 2.45) is 5.73 Å². The first-order chi connectivity index (χ1) is 9.55. The lowest BCUT2D eigenvalue weighted by Crippen LogP contribution is -2.52. The van der Waals surface area contributed by atoms with Gasteiger partial charge in [-0.1, -0.05) is 35.2 Å². The molecule has 0 radical (unpaired) electrons. The molecule has 112 valence electrons. The summed E-state index contributed by atoms with van der Waals surface area (Å²) in [7, 11) is 0. The van der Waals surface area contributed by atoms with Crippen molar-refractivity contribution >= 4 is 15.9 Å². The molecule has 0 bridgehead atoms. The molecule has 0 aliphatic heterocycles. The molecule has 0 heterocycles. The maximum atomic E-state index is 13.5. The van der Waals surface area contributed by atoms with Crippen molar-refractivity contribution in [1.82, 2.24) is 0 Å². The van der Waals surface area contributed by atoms with Gasteiger partial charge in [-0.3, -0.25) is 0 Å². The highest BCUT2D eigenvalue weighted by molar-refractivity contribution is 9.10. The third-order valence-electron chi connectivity index (χ3n) is 4.19. The molecule has 20 heavy (non-hydrogen) atoms. The lowest BCUT2D eigenvalue weighted by molar-refractivity contribution is -0.0817. The molecule has 0 aromatic heterocycles. The van der Waals surface area contributed by atoms with E-state index < -0.39 is 0 Å². The van der Waals surface area contributed by atoms with E-state index >= 15 is 0 Å². The molecular weight excluding hydrogens is 321 g/mol. The minimum Gasteiger partial charge on any atom is -0.374 e. The molecule has 1 aromatic rings. The zero-order chi connectivity index (χ0) is 14.6. The monoisotopic (exact) mass is 343 g/mol. The molecule has 0 saturated heterocycles. The van der Waals surface area contributed by atoms with Crippen LogP contribution in [0.2, 0.25) is 0 Å². The average Bonchev–Trinajstić information content (AvgIpc) is 2.38. The van der Waals surface area contributed by atoms with E-state index in [0.717, 1.165) is 22.9 Å². The summed E-state index contributed by atoms with van der Waals surface area (Å²) in [6.07, 6.45) is 6.27. The van der Waals surface area contributed by atoms with Crippen LogP contribution in [-0.2, 0) is 11.2 Å². The van der Waals surface area contributed by atoms with Crippen molar-refractivity contribution in [3.63, 3.8) is 0 Å². The van der Waals surface area contributed by atoms with Gasteiger partial charge in [0.05, 0.1) is 5.60 Å². The molecule has 1 aliphatic carbocycles. The molecule has 4 heteroatoms. The summed E-state index contributed by atoms with van der Waals surface area (Å²) in [6, 6.07) is 4.88. The molecule has 2 nitrogen and oxygen atoms in total. The Morgan fingerprint density at radius 3 is 2.60 bits per heavy atom. The third kappa shape index (κ3) is 3.80. The minimum atomic E-state index is -0.230. The predicted molar refractivity (Wildman–Crippen MR) is 83.2 cm³/mol. The molecule has 1 atom stereocenters. The highest BCUT2D eigenvalue weighted by Gasteiger charge is 2.38. The van der Waals surface area contributed by atoms with Gasteiger partial charge in [0.2, 0.25) is 0 Å². The van der Waals surface area contributed by atoms with E-state index in [9.17, 15) is 4.39 Å². The van der Waals surface area contributed by atoms with Gasteiger partial charge in [-0.2, -0.15) is 0 Å². The van der Waals surface area contributed by atoms with E-state index in [4.69, 9.17) is 10.5 Å². The van der Waals surface area contributed by atoms with Gasteiger partial charge in [0.1, 0.15) is 5.82 Å². The Labute approximate surface area is 129 Å². The van der Waals surface area contributed by atoms with E-state index in [1.165, 1.54) is 25.3 Å². The van der Waals surface area contributed by atoms with Crippen molar-refractivity contribution < 1.29 is 9.13 Å². The number of hydrogen-bond donors (Lipinski definition) is 1. The zero-order valence-electron chi connectivity index (χ0n) is 12.0. The highest BCUT2D eigenvalue weighted by Crippen LogP contribution is 2.35. The molecule has 2 N–H and O–H groups in total. The van der Waals surface area contributed by atoms with Crippen LogP contribution in [0.15, 0.2) is 22.7 Å². The number of nitrogens with two attached hydrogens (primary N) is 1. The van der Waals surface area contributed by atoms with Crippen LogP contribution in [-0.4, -0.2) is 18.2 Å². The van der Waals surface area contributed by atoms with Crippen molar-refractivity contribution in [2.45, 2.75) is 57.1 Å². The van der Waals surface area contributed by atoms with Crippen LogP contribution in [0.25, 0.3) is 0 Å².